The molecule has 0 aliphatic rings. The third-order valence-electron chi connectivity index (χ3n) is 2.86. The van der Waals surface area contributed by atoms with Crippen LogP contribution in [-0.2, 0) is 9.59 Å². The van der Waals surface area contributed by atoms with Gasteiger partial charge in [0.15, 0.2) is 11.6 Å². The van der Waals surface area contributed by atoms with Crippen LogP contribution in [0.15, 0.2) is 23.7 Å². The molecule has 0 aromatic rings. The zero-order chi connectivity index (χ0) is 15.4. The van der Waals surface area contributed by atoms with Gasteiger partial charge in [-0.25, -0.2) is 0 Å². The topological polar surface area (TPSA) is 74.6 Å². The Kier molecular flexibility index (Phi) is 10.4. The quantitative estimate of drug-likeness (QED) is 0.339. The number of unbranched alkanes of at least 4 members (excludes halogenated alkanes) is 5. The highest BCUT2D eigenvalue weighted by atomic mass is 16.3. The van der Waals surface area contributed by atoms with Gasteiger partial charge in [-0.2, -0.15) is 0 Å². The molecule has 0 aromatic carbocycles. The lowest BCUT2D eigenvalue weighted by Gasteiger charge is -2.02. The summed E-state index contributed by atoms with van der Waals surface area (Å²) in [6.45, 7) is 2.85. The summed E-state index contributed by atoms with van der Waals surface area (Å²) in [5, 5.41) is 18.7. The SMILES string of the molecule is CC(=O)C=C(O)CCCCCCCC/C(O)=C/C(C)=O. The second-order valence-corrected chi connectivity index (χ2v) is 5.11. The summed E-state index contributed by atoms with van der Waals surface area (Å²) < 4.78 is 0. The molecule has 0 amide bonds. The molecule has 0 aliphatic carbocycles. The Balaban J connectivity index is 3.46. The molecular formula is C16H26O4. The normalized spacial score (nSPS) is 12.5. The van der Waals surface area contributed by atoms with E-state index in [0.29, 0.717) is 12.8 Å². The molecule has 0 aliphatic heterocycles. The maximum atomic E-state index is 10.7. The Morgan fingerprint density at radius 2 is 1.00 bits per heavy atom. The van der Waals surface area contributed by atoms with Gasteiger partial charge in [-0.05, 0) is 26.7 Å². The van der Waals surface area contributed by atoms with E-state index in [2.05, 4.69) is 0 Å². The molecule has 0 atom stereocenters. The summed E-state index contributed by atoms with van der Waals surface area (Å²) in [6.07, 6.45) is 9.60. The van der Waals surface area contributed by atoms with E-state index in [9.17, 15) is 19.8 Å². The van der Waals surface area contributed by atoms with Gasteiger partial charge in [-0.3, -0.25) is 9.59 Å². The third-order valence-corrected chi connectivity index (χ3v) is 2.86. The van der Waals surface area contributed by atoms with E-state index >= 15 is 0 Å². The highest BCUT2D eigenvalue weighted by molar-refractivity contribution is 5.87. The van der Waals surface area contributed by atoms with Crippen LogP contribution in [0.5, 0.6) is 0 Å². The van der Waals surface area contributed by atoms with Crippen molar-refractivity contribution in [2.24, 2.45) is 0 Å². The van der Waals surface area contributed by atoms with Gasteiger partial charge >= 0.3 is 0 Å². The number of aliphatic hydroxyl groups excluding tert-OH is 2. The van der Waals surface area contributed by atoms with Crippen molar-refractivity contribution in [2.45, 2.75) is 65.2 Å². The van der Waals surface area contributed by atoms with Gasteiger partial charge in [0.1, 0.15) is 0 Å². The van der Waals surface area contributed by atoms with Crippen molar-refractivity contribution in [2.75, 3.05) is 0 Å². The minimum Gasteiger partial charge on any atom is -0.512 e. The van der Waals surface area contributed by atoms with Crippen molar-refractivity contribution in [1.29, 1.82) is 0 Å². The number of rotatable bonds is 11. The minimum absolute atomic E-state index is 0.124. The molecule has 4 nitrogen and oxygen atoms in total. The van der Waals surface area contributed by atoms with Gasteiger partial charge in [0.05, 0.1) is 11.5 Å². The first-order chi connectivity index (χ1) is 9.41. The molecular weight excluding hydrogens is 256 g/mol. The fourth-order valence-electron chi connectivity index (χ4n) is 1.93. The Labute approximate surface area is 121 Å². The summed E-state index contributed by atoms with van der Waals surface area (Å²) in [7, 11) is 0. The van der Waals surface area contributed by atoms with E-state index < -0.39 is 0 Å². The average Bonchev–Trinajstić information content (AvgIpc) is 2.30. The molecule has 20 heavy (non-hydrogen) atoms. The summed E-state index contributed by atoms with van der Waals surface area (Å²) in [6, 6.07) is 0. The summed E-state index contributed by atoms with van der Waals surface area (Å²) >= 11 is 0. The lowest BCUT2D eigenvalue weighted by Crippen LogP contribution is -1.90. The zero-order valence-corrected chi connectivity index (χ0v) is 12.5. The number of allylic oxidation sites excluding steroid dienone is 4. The Hall–Kier alpha value is -1.58. The third kappa shape index (κ3) is 12.9. The molecule has 0 saturated heterocycles. The number of carbonyl (C=O) groups excluding carboxylic acids is 2. The van der Waals surface area contributed by atoms with E-state index in [1.807, 2.05) is 0 Å². The Morgan fingerprint density at radius 3 is 1.30 bits per heavy atom. The Morgan fingerprint density at radius 1 is 0.700 bits per heavy atom. The molecule has 0 fully saturated rings. The van der Waals surface area contributed by atoms with E-state index in [1.165, 1.54) is 26.0 Å². The summed E-state index contributed by atoms with van der Waals surface area (Å²) in [5.41, 5.74) is 0. The first kappa shape index (κ1) is 18.4. The maximum Gasteiger partial charge on any atom is 0.155 e. The molecule has 0 saturated carbocycles. The molecule has 2 N–H and O–H groups in total. The molecule has 0 spiro atoms. The van der Waals surface area contributed by atoms with Crippen molar-refractivity contribution in [1.82, 2.24) is 0 Å². The molecule has 114 valence electrons. The predicted octanol–water partition coefficient (Wildman–Crippen LogP) is 4.17. The average molecular weight is 282 g/mol. The molecule has 0 radical (unpaired) electrons. The number of ketones is 2. The maximum absolute atomic E-state index is 10.7. The van der Waals surface area contributed by atoms with Crippen LogP contribution in [0.25, 0.3) is 0 Å². The van der Waals surface area contributed by atoms with Gasteiger partial charge in [0.25, 0.3) is 0 Å². The minimum atomic E-state index is -0.124. The van der Waals surface area contributed by atoms with Crippen LogP contribution in [0.3, 0.4) is 0 Å². The summed E-state index contributed by atoms with van der Waals surface area (Å²) in [5.74, 6) is 0.0791. The van der Waals surface area contributed by atoms with E-state index in [0.717, 1.165) is 38.5 Å². The molecule has 0 rings (SSSR count). The van der Waals surface area contributed by atoms with Crippen LogP contribution in [0.2, 0.25) is 0 Å². The number of hydrogen-bond acceptors (Lipinski definition) is 4. The largest absolute Gasteiger partial charge is 0.512 e. The first-order valence-corrected chi connectivity index (χ1v) is 7.22. The van der Waals surface area contributed by atoms with Gasteiger partial charge < -0.3 is 10.2 Å². The molecule has 0 heterocycles. The monoisotopic (exact) mass is 282 g/mol. The van der Waals surface area contributed by atoms with Crippen LogP contribution in [0, 0.1) is 0 Å². The zero-order valence-electron chi connectivity index (χ0n) is 12.5. The van der Waals surface area contributed by atoms with Crippen LogP contribution in [0.4, 0.5) is 0 Å². The Bertz CT molecular complexity index is 331. The van der Waals surface area contributed by atoms with E-state index in [1.54, 1.807) is 0 Å². The van der Waals surface area contributed by atoms with Crippen molar-refractivity contribution in [3.8, 4) is 0 Å². The van der Waals surface area contributed by atoms with Gasteiger partial charge in [0, 0.05) is 25.0 Å². The number of aliphatic hydroxyl groups is 2. The lowest BCUT2D eigenvalue weighted by atomic mass is 10.1. The van der Waals surface area contributed by atoms with Crippen molar-refractivity contribution >= 4 is 11.6 Å². The van der Waals surface area contributed by atoms with Crippen molar-refractivity contribution in [3.05, 3.63) is 23.7 Å². The van der Waals surface area contributed by atoms with Crippen LogP contribution in [0.1, 0.15) is 65.2 Å². The first-order valence-electron chi connectivity index (χ1n) is 7.22. The second kappa shape index (κ2) is 11.3. The van der Waals surface area contributed by atoms with Crippen LogP contribution in [-0.4, -0.2) is 21.8 Å². The van der Waals surface area contributed by atoms with E-state index in [4.69, 9.17) is 0 Å². The van der Waals surface area contributed by atoms with Gasteiger partial charge in [-0.1, -0.05) is 25.7 Å². The van der Waals surface area contributed by atoms with Crippen molar-refractivity contribution in [3.63, 3.8) is 0 Å². The van der Waals surface area contributed by atoms with Crippen LogP contribution < -0.4 is 0 Å². The standard InChI is InChI=1S/C16H26O4/c1-13(17)11-15(19)9-7-5-3-4-6-8-10-16(20)12-14(2)18/h11-12,19-20H,3-10H2,1-2H3/b15-11-,16-12?. The van der Waals surface area contributed by atoms with Gasteiger partial charge in [-0.15, -0.1) is 0 Å². The molecule has 0 aromatic heterocycles. The molecule has 0 bridgehead atoms. The number of carbonyl (C=O) groups is 2. The van der Waals surface area contributed by atoms with Gasteiger partial charge in [0.2, 0.25) is 0 Å². The predicted molar refractivity (Wildman–Crippen MR) is 79.7 cm³/mol. The highest BCUT2D eigenvalue weighted by Gasteiger charge is 1.98. The smallest absolute Gasteiger partial charge is 0.155 e. The summed E-state index contributed by atoms with van der Waals surface area (Å²) in [4.78, 5) is 21.4. The fraction of sp³-hybridized carbons (Fsp3) is 0.625. The lowest BCUT2D eigenvalue weighted by molar-refractivity contribution is -0.113. The molecule has 4 heteroatoms. The fourth-order valence-corrected chi connectivity index (χ4v) is 1.93. The second-order valence-electron chi connectivity index (χ2n) is 5.11. The van der Waals surface area contributed by atoms with Crippen LogP contribution >= 0.6 is 0 Å². The van der Waals surface area contributed by atoms with Crippen molar-refractivity contribution < 1.29 is 19.8 Å². The molecule has 0 unspecified atom stereocenters. The highest BCUT2D eigenvalue weighted by Crippen LogP contribution is 2.12. The van der Waals surface area contributed by atoms with E-state index in [-0.39, 0.29) is 23.1 Å². The number of hydrogen-bond donors (Lipinski definition) is 2.